The number of nitrogens with zero attached hydrogens (tertiary/aromatic N) is 5. The van der Waals surface area contributed by atoms with Crippen molar-refractivity contribution in [3.63, 3.8) is 0 Å². The standard InChI is InChI=1S/C32H32FN5O3/c1-21(2)30(39)38(31(40)22(3)4)29-14-9-23(15-17-35-29)28-16-18-36(20-25-8-6-5-7-24(25)19-34)32(41)37(28)27-12-10-26(33)11-13-27/h5-17,21-22,29H,18,20H2,1-4H3. The second-order valence-electron chi connectivity index (χ2n) is 10.4. The van der Waals surface area contributed by atoms with Crippen molar-refractivity contribution in [1.82, 2.24) is 9.80 Å². The number of hydrogen-bond acceptors (Lipinski definition) is 5. The van der Waals surface area contributed by atoms with Crippen LogP contribution in [0.15, 0.2) is 89.1 Å². The molecule has 0 spiro atoms. The van der Waals surface area contributed by atoms with Gasteiger partial charge in [0.1, 0.15) is 12.0 Å². The Balaban J connectivity index is 1.70. The lowest BCUT2D eigenvalue weighted by atomic mass is 10.0. The minimum Gasteiger partial charge on any atom is -0.316 e. The van der Waals surface area contributed by atoms with Gasteiger partial charge in [0.2, 0.25) is 11.8 Å². The van der Waals surface area contributed by atoms with E-state index in [1.54, 1.807) is 63.0 Å². The Morgan fingerprint density at radius 3 is 2.37 bits per heavy atom. The maximum Gasteiger partial charge on any atom is 0.329 e. The predicted molar refractivity (Wildman–Crippen MR) is 155 cm³/mol. The number of allylic oxidation sites excluding steroid dienone is 2. The fraction of sp³-hybridized carbons (Fsp3) is 0.281. The third-order valence-corrected chi connectivity index (χ3v) is 6.76. The van der Waals surface area contributed by atoms with Gasteiger partial charge in [-0.05, 0) is 59.7 Å². The number of nitriles is 1. The maximum absolute atomic E-state index is 13.9. The largest absolute Gasteiger partial charge is 0.329 e. The topological polar surface area (TPSA) is 97.1 Å². The molecule has 210 valence electrons. The number of aliphatic imine (C=N–C) groups is 1. The first-order valence-corrected chi connectivity index (χ1v) is 13.4. The van der Waals surface area contributed by atoms with E-state index in [2.05, 4.69) is 11.1 Å². The van der Waals surface area contributed by atoms with Gasteiger partial charge in [0, 0.05) is 31.1 Å². The average Bonchev–Trinajstić information content (AvgIpc) is 3.21. The van der Waals surface area contributed by atoms with Crippen LogP contribution in [0.2, 0.25) is 0 Å². The summed E-state index contributed by atoms with van der Waals surface area (Å²) in [6.07, 6.45) is 7.68. The highest BCUT2D eigenvalue weighted by Gasteiger charge is 2.33. The lowest BCUT2D eigenvalue weighted by molar-refractivity contribution is -0.150. The second-order valence-corrected chi connectivity index (χ2v) is 10.4. The molecule has 41 heavy (non-hydrogen) atoms. The van der Waals surface area contributed by atoms with Gasteiger partial charge in [0.15, 0.2) is 0 Å². The van der Waals surface area contributed by atoms with Crippen LogP contribution in [0.5, 0.6) is 0 Å². The lowest BCUT2D eigenvalue weighted by Crippen LogP contribution is -2.47. The van der Waals surface area contributed by atoms with Gasteiger partial charge in [-0.25, -0.2) is 9.18 Å². The van der Waals surface area contributed by atoms with Gasteiger partial charge in [-0.3, -0.25) is 24.4 Å². The summed E-state index contributed by atoms with van der Waals surface area (Å²) in [6.45, 7) is 7.41. The van der Waals surface area contributed by atoms with Crippen molar-refractivity contribution in [2.75, 3.05) is 11.4 Å². The summed E-state index contributed by atoms with van der Waals surface area (Å²) in [5, 5.41) is 9.51. The van der Waals surface area contributed by atoms with E-state index in [1.165, 1.54) is 40.3 Å². The number of urea groups is 1. The van der Waals surface area contributed by atoms with E-state index < -0.39 is 23.8 Å². The molecule has 0 radical (unpaired) electrons. The van der Waals surface area contributed by atoms with Crippen molar-refractivity contribution in [1.29, 1.82) is 5.26 Å². The van der Waals surface area contributed by atoms with Crippen molar-refractivity contribution in [3.8, 4) is 6.07 Å². The van der Waals surface area contributed by atoms with Crippen molar-refractivity contribution >= 4 is 29.7 Å². The van der Waals surface area contributed by atoms with Crippen molar-refractivity contribution in [3.05, 3.63) is 101 Å². The third kappa shape index (κ3) is 6.33. The van der Waals surface area contributed by atoms with E-state index in [-0.39, 0.29) is 30.9 Å². The molecule has 0 fully saturated rings. The van der Waals surface area contributed by atoms with Crippen LogP contribution in [0.25, 0.3) is 0 Å². The Kier molecular flexibility index (Phi) is 8.93. The Labute approximate surface area is 239 Å². The maximum atomic E-state index is 13.9. The molecule has 0 aromatic heterocycles. The number of halogens is 1. The van der Waals surface area contributed by atoms with Crippen LogP contribution in [-0.4, -0.2) is 46.6 Å². The quantitative estimate of drug-likeness (QED) is 0.447. The number of amides is 4. The Bertz CT molecular complexity index is 1480. The number of anilines is 1. The molecule has 9 heteroatoms. The van der Waals surface area contributed by atoms with E-state index in [0.29, 0.717) is 28.1 Å². The van der Waals surface area contributed by atoms with E-state index in [1.807, 2.05) is 18.2 Å². The Hall–Kier alpha value is -4.84. The number of benzene rings is 2. The van der Waals surface area contributed by atoms with Crippen molar-refractivity contribution in [2.24, 2.45) is 16.8 Å². The van der Waals surface area contributed by atoms with E-state index in [9.17, 15) is 24.0 Å². The van der Waals surface area contributed by atoms with E-state index in [4.69, 9.17) is 0 Å². The molecule has 0 saturated heterocycles. The molecule has 2 aliphatic rings. The molecule has 2 aromatic carbocycles. The van der Waals surface area contributed by atoms with Gasteiger partial charge in [0.25, 0.3) is 0 Å². The highest BCUT2D eigenvalue weighted by Crippen LogP contribution is 2.31. The predicted octanol–water partition coefficient (Wildman–Crippen LogP) is 5.58. The first-order chi connectivity index (χ1) is 19.6. The molecule has 0 saturated carbocycles. The molecule has 2 aromatic rings. The molecule has 2 heterocycles. The molecule has 2 aliphatic heterocycles. The summed E-state index contributed by atoms with van der Waals surface area (Å²) in [6, 6.07) is 14.5. The summed E-state index contributed by atoms with van der Waals surface area (Å²) >= 11 is 0. The molecule has 1 atom stereocenters. The monoisotopic (exact) mass is 553 g/mol. The Morgan fingerprint density at radius 2 is 1.73 bits per heavy atom. The number of hydrogen-bond donors (Lipinski definition) is 0. The number of rotatable bonds is 7. The summed E-state index contributed by atoms with van der Waals surface area (Å²) < 4.78 is 13.8. The number of carbonyl (C=O) groups is 3. The van der Waals surface area contributed by atoms with Crippen LogP contribution in [0.3, 0.4) is 0 Å². The minimum atomic E-state index is -0.841. The normalized spacial score (nSPS) is 16.8. The van der Waals surface area contributed by atoms with Crippen LogP contribution in [-0.2, 0) is 16.1 Å². The minimum absolute atomic E-state index is 0.214. The number of carbonyl (C=O) groups excluding carboxylic acids is 3. The lowest BCUT2D eigenvalue weighted by Gasteiger charge is -2.36. The summed E-state index contributed by atoms with van der Waals surface area (Å²) in [5.74, 6) is -1.89. The first-order valence-electron chi connectivity index (χ1n) is 13.4. The molecule has 4 amide bonds. The van der Waals surface area contributed by atoms with Gasteiger partial charge < -0.3 is 4.90 Å². The molecule has 0 aliphatic carbocycles. The third-order valence-electron chi connectivity index (χ3n) is 6.76. The fourth-order valence-corrected chi connectivity index (χ4v) is 4.56. The summed E-state index contributed by atoms with van der Waals surface area (Å²) in [5.41, 5.74) is 2.83. The fourth-order valence-electron chi connectivity index (χ4n) is 4.56. The van der Waals surface area contributed by atoms with Crippen LogP contribution in [0.1, 0.15) is 38.8 Å². The van der Waals surface area contributed by atoms with E-state index in [0.717, 1.165) is 0 Å². The van der Waals surface area contributed by atoms with Crippen LogP contribution in [0, 0.1) is 29.0 Å². The molecule has 8 nitrogen and oxygen atoms in total. The van der Waals surface area contributed by atoms with Crippen molar-refractivity contribution < 1.29 is 18.8 Å². The Morgan fingerprint density at radius 1 is 1.07 bits per heavy atom. The molecule has 1 unspecified atom stereocenters. The van der Waals surface area contributed by atoms with Gasteiger partial charge in [-0.2, -0.15) is 5.26 Å². The molecular formula is C32H32FN5O3. The van der Waals surface area contributed by atoms with Gasteiger partial charge in [-0.1, -0.05) is 52.0 Å². The van der Waals surface area contributed by atoms with Crippen molar-refractivity contribution in [2.45, 2.75) is 40.4 Å². The molecule has 0 N–H and O–H groups in total. The first kappa shape index (κ1) is 29.2. The zero-order chi connectivity index (χ0) is 29.7. The zero-order valence-corrected chi connectivity index (χ0v) is 23.5. The molecule has 0 bridgehead atoms. The molecule has 4 rings (SSSR count). The van der Waals surface area contributed by atoms with Gasteiger partial charge >= 0.3 is 6.03 Å². The summed E-state index contributed by atoms with van der Waals surface area (Å²) in [4.78, 5) is 48.6. The van der Waals surface area contributed by atoms with Crippen LogP contribution in [0.4, 0.5) is 14.9 Å². The van der Waals surface area contributed by atoms with Gasteiger partial charge in [-0.15, -0.1) is 0 Å². The molecular weight excluding hydrogens is 521 g/mol. The smallest absolute Gasteiger partial charge is 0.316 e. The highest BCUT2D eigenvalue weighted by atomic mass is 19.1. The zero-order valence-electron chi connectivity index (χ0n) is 23.5. The summed E-state index contributed by atoms with van der Waals surface area (Å²) in [7, 11) is 0. The highest BCUT2D eigenvalue weighted by molar-refractivity contribution is 5.99. The van der Waals surface area contributed by atoms with Crippen LogP contribution < -0.4 is 4.90 Å². The SMILES string of the molecule is CC(C)C(=O)N(C(=O)C(C)C)C1C=CC(C2=CCN(Cc3ccccc3C#N)C(=O)N2c2ccc(F)cc2)=CC=N1. The average molecular weight is 554 g/mol. The number of imide groups is 1. The van der Waals surface area contributed by atoms with Gasteiger partial charge in [0.05, 0.1) is 23.0 Å². The van der Waals surface area contributed by atoms with Crippen LogP contribution >= 0.6 is 0 Å². The van der Waals surface area contributed by atoms with E-state index >= 15 is 0 Å². The second kappa shape index (κ2) is 12.6.